The van der Waals surface area contributed by atoms with Gasteiger partial charge in [-0.1, -0.05) is 29.8 Å². The number of benzene rings is 3. The van der Waals surface area contributed by atoms with Gasteiger partial charge in [0, 0.05) is 21.8 Å². The van der Waals surface area contributed by atoms with E-state index < -0.39 is 0 Å². The van der Waals surface area contributed by atoms with Crippen molar-refractivity contribution in [1.29, 1.82) is 0 Å². The van der Waals surface area contributed by atoms with Crippen molar-refractivity contribution in [3.8, 4) is 22.8 Å². The third-order valence-electron chi connectivity index (χ3n) is 5.76. The van der Waals surface area contributed by atoms with Crippen LogP contribution < -0.4 is 5.32 Å². The van der Waals surface area contributed by atoms with E-state index in [-0.39, 0.29) is 11.7 Å². The molecule has 33 heavy (non-hydrogen) atoms. The van der Waals surface area contributed by atoms with Crippen LogP contribution >= 0.6 is 11.6 Å². The third kappa shape index (κ3) is 4.03. The van der Waals surface area contributed by atoms with Gasteiger partial charge >= 0.3 is 0 Å². The highest BCUT2D eigenvalue weighted by Gasteiger charge is 2.16. The molecule has 0 bridgehead atoms. The van der Waals surface area contributed by atoms with E-state index in [2.05, 4.69) is 30.2 Å². The molecule has 5 rings (SSSR count). The molecule has 5 nitrogen and oxygen atoms in total. The molecule has 0 aliphatic carbocycles. The van der Waals surface area contributed by atoms with Gasteiger partial charge < -0.3 is 14.2 Å². The van der Waals surface area contributed by atoms with E-state index in [9.17, 15) is 4.79 Å². The number of oxazole rings is 1. The predicted molar refractivity (Wildman–Crippen MR) is 131 cm³/mol. The van der Waals surface area contributed by atoms with Crippen LogP contribution in [0.25, 0.3) is 33.9 Å². The van der Waals surface area contributed by atoms with Crippen LogP contribution in [0.1, 0.15) is 27.2 Å². The minimum absolute atomic E-state index is 0.209. The molecule has 6 heteroatoms. The second-order valence-electron chi connectivity index (χ2n) is 8.03. The van der Waals surface area contributed by atoms with E-state index in [0.29, 0.717) is 33.5 Å². The normalized spacial score (nSPS) is 11.2. The molecular formula is C27H21ClN2O3. The van der Waals surface area contributed by atoms with Crippen molar-refractivity contribution in [2.24, 2.45) is 0 Å². The van der Waals surface area contributed by atoms with Crippen molar-refractivity contribution in [3.63, 3.8) is 0 Å². The molecule has 2 aromatic heterocycles. The van der Waals surface area contributed by atoms with E-state index in [1.807, 2.05) is 37.3 Å². The summed E-state index contributed by atoms with van der Waals surface area (Å²) in [5.41, 5.74) is 6.97. The number of aryl methyl sites for hydroxylation is 2. The highest BCUT2D eigenvalue weighted by molar-refractivity contribution is 6.31. The van der Waals surface area contributed by atoms with E-state index >= 15 is 0 Å². The SMILES string of the molecule is Cc1ccc(-c2nc3cc(NC(=O)c4ccc(-c5cccc(Cl)c5C)o4)ccc3o2)cc1C. The maximum Gasteiger partial charge on any atom is 0.291 e. The average molecular weight is 457 g/mol. The summed E-state index contributed by atoms with van der Waals surface area (Å²) in [6.45, 7) is 6.04. The number of anilines is 1. The first-order valence-corrected chi connectivity index (χ1v) is 10.9. The number of aromatic nitrogens is 1. The number of carbonyl (C=O) groups is 1. The number of nitrogens with zero attached hydrogens (tertiary/aromatic N) is 1. The Morgan fingerprint density at radius 2 is 1.76 bits per heavy atom. The summed E-state index contributed by atoms with van der Waals surface area (Å²) in [5.74, 6) is 0.993. The second-order valence-corrected chi connectivity index (χ2v) is 8.44. The Balaban J connectivity index is 1.38. The van der Waals surface area contributed by atoms with Crippen LogP contribution in [0.5, 0.6) is 0 Å². The fraction of sp³-hybridized carbons (Fsp3) is 0.111. The number of fused-ring (bicyclic) bond motifs is 1. The Morgan fingerprint density at radius 1 is 0.909 bits per heavy atom. The number of carbonyl (C=O) groups excluding carboxylic acids is 1. The van der Waals surface area contributed by atoms with Gasteiger partial charge in [0.05, 0.1) is 0 Å². The fourth-order valence-electron chi connectivity index (χ4n) is 3.67. The van der Waals surface area contributed by atoms with Crippen molar-refractivity contribution >= 4 is 34.3 Å². The molecule has 0 saturated carbocycles. The lowest BCUT2D eigenvalue weighted by Crippen LogP contribution is -2.10. The summed E-state index contributed by atoms with van der Waals surface area (Å²) < 4.78 is 11.7. The average Bonchev–Trinajstić information content (AvgIpc) is 3.45. The molecule has 0 atom stereocenters. The predicted octanol–water partition coefficient (Wildman–Crippen LogP) is 7.59. The minimum Gasteiger partial charge on any atom is -0.451 e. The molecule has 5 aromatic rings. The largest absolute Gasteiger partial charge is 0.451 e. The number of hydrogen-bond donors (Lipinski definition) is 1. The number of amides is 1. The molecule has 1 amide bonds. The summed E-state index contributed by atoms with van der Waals surface area (Å²) in [6, 6.07) is 20.5. The van der Waals surface area contributed by atoms with Crippen molar-refractivity contribution in [1.82, 2.24) is 4.98 Å². The van der Waals surface area contributed by atoms with Gasteiger partial charge in [0.15, 0.2) is 11.3 Å². The van der Waals surface area contributed by atoms with Crippen molar-refractivity contribution < 1.29 is 13.6 Å². The molecule has 0 unspecified atom stereocenters. The standard InChI is InChI=1S/C27H21ClN2O3/c1-15-7-8-18(13-16(15)2)27-30-22-14-19(9-10-24(22)33-27)29-26(31)25-12-11-23(32-25)20-5-4-6-21(28)17(20)3/h4-14H,1-3H3,(H,29,31). The quantitative estimate of drug-likeness (QED) is 0.302. The fourth-order valence-corrected chi connectivity index (χ4v) is 3.85. The van der Waals surface area contributed by atoms with Gasteiger partial charge in [0.1, 0.15) is 11.3 Å². The van der Waals surface area contributed by atoms with Gasteiger partial charge in [-0.25, -0.2) is 4.98 Å². The lowest BCUT2D eigenvalue weighted by molar-refractivity contribution is 0.0997. The minimum atomic E-state index is -0.349. The number of rotatable bonds is 4. The molecule has 0 aliphatic rings. The highest BCUT2D eigenvalue weighted by atomic mass is 35.5. The van der Waals surface area contributed by atoms with Crippen LogP contribution in [0.4, 0.5) is 5.69 Å². The Bertz CT molecular complexity index is 1510. The number of halogens is 1. The summed E-state index contributed by atoms with van der Waals surface area (Å²) in [6.07, 6.45) is 0. The second kappa shape index (κ2) is 8.26. The molecule has 0 aliphatic heterocycles. The van der Waals surface area contributed by atoms with Gasteiger partial charge in [-0.2, -0.15) is 0 Å². The molecule has 3 aromatic carbocycles. The summed E-state index contributed by atoms with van der Waals surface area (Å²) in [4.78, 5) is 17.4. The Morgan fingerprint density at radius 3 is 2.58 bits per heavy atom. The lowest BCUT2D eigenvalue weighted by Gasteiger charge is -2.05. The van der Waals surface area contributed by atoms with E-state index in [1.54, 1.807) is 30.3 Å². The zero-order chi connectivity index (χ0) is 23.1. The molecular weight excluding hydrogens is 436 g/mol. The molecule has 1 N–H and O–H groups in total. The third-order valence-corrected chi connectivity index (χ3v) is 6.17. The Kier molecular flexibility index (Phi) is 5.27. The molecule has 2 heterocycles. The molecule has 0 radical (unpaired) electrons. The smallest absolute Gasteiger partial charge is 0.291 e. The van der Waals surface area contributed by atoms with Crippen LogP contribution in [0.2, 0.25) is 5.02 Å². The lowest BCUT2D eigenvalue weighted by atomic mass is 10.1. The summed E-state index contributed by atoms with van der Waals surface area (Å²) >= 11 is 6.21. The maximum absolute atomic E-state index is 12.8. The zero-order valence-electron chi connectivity index (χ0n) is 18.4. The molecule has 0 saturated heterocycles. The first-order chi connectivity index (χ1) is 15.9. The maximum atomic E-state index is 12.8. The Labute approximate surface area is 196 Å². The summed E-state index contributed by atoms with van der Waals surface area (Å²) in [7, 11) is 0. The molecule has 164 valence electrons. The van der Waals surface area contributed by atoms with Gasteiger partial charge in [-0.15, -0.1) is 0 Å². The van der Waals surface area contributed by atoms with Crippen LogP contribution in [0, 0.1) is 20.8 Å². The van der Waals surface area contributed by atoms with Crippen LogP contribution in [-0.2, 0) is 0 Å². The number of furan rings is 1. The van der Waals surface area contributed by atoms with Crippen LogP contribution in [-0.4, -0.2) is 10.9 Å². The highest BCUT2D eigenvalue weighted by Crippen LogP contribution is 2.31. The van der Waals surface area contributed by atoms with Gasteiger partial charge in [-0.3, -0.25) is 4.79 Å². The van der Waals surface area contributed by atoms with Gasteiger partial charge in [0.25, 0.3) is 5.91 Å². The van der Waals surface area contributed by atoms with E-state index in [1.165, 1.54) is 11.1 Å². The summed E-state index contributed by atoms with van der Waals surface area (Å²) in [5, 5.41) is 3.52. The topological polar surface area (TPSA) is 68.3 Å². The molecule has 0 fully saturated rings. The van der Waals surface area contributed by atoms with Crippen molar-refractivity contribution in [3.05, 3.63) is 94.2 Å². The van der Waals surface area contributed by atoms with E-state index in [4.69, 9.17) is 20.4 Å². The first-order valence-electron chi connectivity index (χ1n) is 10.5. The monoisotopic (exact) mass is 456 g/mol. The van der Waals surface area contributed by atoms with Crippen molar-refractivity contribution in [2.75, 3.05) is 5.32 Å². The number of nitrogens with one attached hydrogen (secondary N) is 1. The van der Waals surface area contributed by atoms with Crippen molar-refractivity contribution in [2.45, 2.75) is 20.8 Å². The van der Waals surface area contributed by atoms with Gasteiger partial charge in [0.2, 0.25) is 5.89 Å². The first kappa shape index (κ1) is 21.0. The van der Waals surface area contributed by atoms with E-state index in [0.717, 1.165) is 16.7 Å². The number of hydrogen-bond acceptors (Lipinski definition) is 4. The Hall–Kier alpha value is -3.83. The molecule has 0 spiro atoms. The van der Waals surface area contributed by atoms with Crippen LogP contribution in [0.15, 0.2) is 75.6 Å². The van der Waals surface area contributed by atoms with Crippen LogP contribution in [0.3, 0.4) is 0 Å². The zero-order valence-corrected chi connectivity index (χ0v) is 19.2. The van der Waals surface area contributed by atoms with Gasteiger partial charge in [-0.05, 0) is 86.0 Å².